The Hall–Kier alpha value is -2.91. The average Bonchev–Trinajstić information content (AvgIpc) is 3.25. The zero-order valence-corrected chi connectivity index (χ0v) is 15.4. The molecule has 0 bridgehead atoms. The van der Waals surface area contributed by atoms with E-state index in [4.69, 9.17) is 28.3 Å². The number of anilines is 1. The Labute approximate surface area is 163 Å². The van der Waals surface area contributed by atoms with Crippen molar-refractivity contribution < 1.29 is 14.7 Å². The van der Waals surface area contributed by atoms with Gasteiger partial charge in [0.15, 0.2) is 5.69 Å². The molecule has 1 amide bonds. The van der Waals surface area contributed by atoms with E-state index in [2.05, 4.69) is 20.5 Å². The van der Waals surface area contributed by atoms with Crippen molar-refractivity contribution in [3.63, 3.8) is 0 Å². The Morgan fingerprint density at radius 1 is 1.15 bits per heavy atom. The van der Waals surface area contributed by atoms with Gasteiger partial charge in [0.25, 0.3) is 0 Å². The summed E-state index contributed by atoms with van der Waals surface area (Å²) in [5.74, 6) is -1.27. The molecule has 2 aromatic heterocycles. The highest BCUT2D eigenvalue weighted by Crippen LogP contribution is 2.21. The predicted octanol–water partition coefficient (Wildman–Crippen LogP) is 2.56. The van der Waals surface area contributed by atoms with Gasteiger partial charge in [-0.15, -0.1) is 5.10 Å². The third kappa shape index (κ3) is 5.05. The van der Waals surface area contributed by atoms with Gasteiger partial charge in [-0.25, -0.2) is 14.5 Å². The second kappa shape index (κ2) is 8.19. The number of halogens is 2. The van der Waals surface area contributed by atoms with Crippen LogP contribution < -0.4 is 5.32 Å². The number of carboxylic acid groups (broad SMARTS) is 1. The lowest BCUT2D eigenvalue weighted by Crippen LogP contribution is -2.16. The minimum Gasteiger partial charge on any atom is -0.476 e. The maximum absolute atomic E-state index is 12.0. The number of rotatable bonds is 7. The highest BCUT2D eigenvalue weighted by molar-refractivity contribution is 6.35. The molecule has 0 atom stereocenters. The first-order valence-electron chi connectivity index (χ1n) is 7.80. The molecule has 0 spiro atoms. The van der Waals surface area contributed by atoms with Crippen molar-refractivity contribution >= 4 is 41.0 Å². The third-order valence-corrected chi connectivity index (χ3v) is 4.15. The molecule has 0 radical (unpaired) electrons. The monoisotopic (exact) mass is 408 g/mol. The number of aryl methyl sites for hydroxylation is 1. The van der Waals surface area contributed by atoms with E-state index >= 15 is 0 Å². The highest BCUT2D eigenvalue weighted by Gasteiger charge is 2.10. The number of nitrogens with one attached hydrogen (secondary N) is 1. The normalized spacial score (nSPS) is 10.7. The van der Waals surface area contributed by atoms with Crippen LogP contribution in [0, 0.1) is 0 Å². The predicted molar refractivity (Wildman–Crippen MR) is 98.0 cm³/mol. The molecule has 11 heteroatoms. The molecular formula is C16H14Cl2N6O3. The van der Waals surface area contributed by atoms with Crippen molar-refractivity contribution in [1.29, 1.82) is 0 Å². The number of hydrogen-bond acceptors (Lipinski definition) is 5. The number of hydrogen-bond donors (Lipinski definition) is 2. The first-order valence-corrected chi connectivity index (χ1v) is 8.56. The van der Waals surface area contributed by atoms with E-state index in [1.54, 1.807) is 18.2 Å². The summed E-state index contributed by atoms with van der Waals surface area (Å²) in [7, 11) is 0. The van der Waals surface area contributed by atoms with E-state index in [1.165, 1.54) is 28.0 Å². The van der Waals surface area contributed by atoms with E-state index in [1.807, 2.05) is 0 Å². The first kappa shape index (κ1) is 18.9. The molecule has 0 aliphatic rings. The molecule has 3 rings (SSSR count). The Morgan fingerprint density at radius 3 is 2.67 bits per heavy atom. The largest absolute Gasteiger partial charge is 0.476 e. The summed E-state index contributed by atoms with van der Waals surface area (Å²) in [5.41, 5.74) is 0.744. The molecule has 1 aromatic carbocycles. The molecule has 0 aliphatic heterocycles. The smallest absolute Gasteiger partial charge is 0.356 e. The SMILES string of the molecule is O=C(CCn1ccc(C(=O)O)n1)Nc1ncn(Cc2ccc(Cl)cc2Cl)n1. The topological polar surface area (TPSA) is 115 Å². The first-order chi connectivity index (χ1) is 12.9. The van der Waals surface area contributed by atoms with Crippen molar-refractivity contribution in [2.24, 2.45) is 0 Å². The molecule has 2 heterocycles. The number of nitrogens with zero attached hydrogens (tertiary/aromatic N) is 5. The number of carbonyl (C=O) groups excluding carboxylic acids is 1. The molecule has 9 nitrogen and oxygen atoms in total. The summed E-state index contributed by atoms with van der Waals surface area (Å²) < 4.78 is 2.93. The summed E-state index contributed by atoms with van der Waals surface area (Å²) in [6, 6.07) is 6.53. The van der Waals surface area contributed by atoms with Gasteiger partial charge in [0.2, 0.25) is 11.9 Å². The zero-order chi connectivity index (χ0) is 19.4. The molecule has 140 valence electrons. The molecule has 0 fully saturated rings. The van der Waals surface area contributed by atoms with Gasteiger partial charge in [0.05, 0.1) is 6.54 Å². The Balaban J connectivity index is 1.53. The van der Waals surface area contributed by atoms with Crippen LogP contribution in [0.1, 0.15) is 22.5 Å². The molecule has 3 aromatic rings. The van der Waals surface area contributed by atoms with Gasteiger partial charge in [0.1, 0.15) is 6.33 Å². The van der Waals surface area contributed by atoms with Gasteiger partial charge in [-0.1, -0.05) is 29.3 Å². The van der Waals surface area contributed by atoms with Crippen LogP contribution in [0.2, 0.25) is 10.0 Å². The number of carbonyl (C=O) groups is 2. The number of amides is 1. The fourth-order valence-electron chi connectivity index (χ4n) is 2.26. The van der Waals surface area contributed by atoms with Crippen LogP contribution in [-0.4, -0.2) is 41.5 Å². The Kier molecular flexibility index (Phi) is 5.72. The summed E-state index contributed by atoms with van der Waals surface area (Å²) in [6.45, 7) is 0.615. The van der Waals surface area contributed by atoms with Crippen molar-refractivity contribution in [3.8, 4) is 0 Å². The van der Waals surface area contributed by atoms with Crippen LogP contribution >= 0.6 is 23.2 Å². The maximum Gasteiger partial charge on any atom is 0.356 e. The Bertz CT molecular complexity index is 984. The number of carboxylic acids is 1. The molecule has 0 aliphatic carbocycles. The lowest BCUT2D eigenvalue weighted by molar-refractivity contribution is -0.116. The highest BCUT2D eigenvalue weighted by atomic mass is 35.5. The number of benzene rings is 1. The van der Waals surface area contributed by atoms with E-state index in [-0.39, 0.29) is 30.5 Å². The van der Waals surface area contributed by atoms with Crippen LogP contribution in [0.3, 0.4) is 0 Å². The molecular weight excluding hydrogens is 395 g/mol. The maximum atomic E-state index is 12.0. The lowest BCUT2D eigenvalue weighted by atomic mass is 10.2. The van der Waals surface area contributed by atoms with Crippen molar-refractivity contribution in [3.05, 3.63) is 58.1 Å². The number of aromatic carboxylic acids is 1. The summed E-state index contributed by atoms with van der Waals surface area (Å²) >= 11 is 12.0. The van der Waals surface area contributed by atoms with Gasteiger partial charge in [-0.05, 0) is 23.8 Å². The van der Waals surface area contributed by atoms with Crippen LogP contribution in [0.5, 0.6) is 0 Å². The summed E-state index contributed by atoms with van der Waals surface area (Å²) in [6.07, 6.45) is 3.07. The van der Waals surface area contributed by atoms with Gasteiger partial charge in [-0.2, -0.15) is 5.10 Å². The van der Waals surface area contributed by atoms with E-state index < -0.39 is 5.97 Å². The summed E-state index contributed by atoms with van der Waals surface area (Å²) in [4.78, 5) is 26.8. The average molecular weight is 409 g/mol. The van der Waals surface area contributed by atoms with Crippen LogP contribution in [0.25, 0.3) is 0 Å². The number of aromatic nitrogens is 5. The van der Waals surface area contributed by atoms with E-state index in [0.29, 0.717) is 16.6 Å². The minimum absolute atomic E-state index is 0.0725. The van der Waals surface area contributed by atoms with Crippen molar-refractivity contribution in [1.82, 2.24) is 24.5 Å². The second-order valence-electron chi connectivity index (χ2n) is 5.57. The van der Waals surface area contributed by atoms with Crippen molar-refractivity contribution in [2.45, 2.75) is 19.5 Å². The van der Waals surface area contributed by atoms with E-state index in [0.717, 1.165) is 5.56 Å². The fourth-order valence-corrected chi connectivity index (χ4v) is 2.72. The standard InChI is InChI=1S/C16H14Cl2N6O3/c17-11-2-1-10(12(18)7-11)8-24-9-19-16(22-24)20-14(25)4-6-23-5-3-13(21-23)15(26)27/h1-3,5,7,9H,4,6,8H2,(H,26,27)(H,20,22,25). The molecule has 27 heavy (non-hydrogen) atoms. The van der Waals surface area contributed by atoms with Crippen LogP contribution in [-0.2, 0) is 17.9 Å². The fraction of sp³-hybridized carbons (Fsp3) is 0.188. The zero-order valence-electron chi connectivity index (χ0n) is 13.8. The minimum atomic E-state index is -1.12. The molecule has 0 unspecified atom stereocenters. The Morgan fingerprint density at radius 2 is 1.96 bits per heavy atom. The van der Waals surface area contributed by atoms with Gasteiger partial charge in [0, 0.05) is 29.2 Å². The molecule has 2 N–H and O–H groups in total. The molecule has 0 saturated heterocycles. The quantitative estimate of drug-likeness (QED) is 0.620. The third-order valence-electron chi connectivity index (χ3n) is 3.56. The van der Waals surface area contributed by atoms with Crippen LogP contribution in [0.15, 0.2) is 36.8 Å². The van der Waals surface area contributed by atoms with Gasteiger partial charge < -0.3 is 5.11 Å². The molecule has 0 saturated carbocycles. The van der Waals surface area contributed by atoms with Gasteiger partial charge >= 0.3 is 5.97 Å². The van der Waals surface area contributed by atoms with Crippen molar-refractivity contribution in [2.75, 3.05) is 5.32 Å². The van der Waals surface area contributed by atoms with Gasteiger partial charge in [-0.3, -0.25) is 14.8 Å². The summed E-state index contributed by atoms with van der Waals surface area (Å²) in [5, 5.41) is 20.5. The van der Waals surface area contributed by atoms with E-state index in [9.17, 15) is 9.59 Å². The second-order valence-corrected chi connectivity index (χ2v) is 6.41. The van der Waals surface area contributed by atoms with Crippen LogP contribution in [0.4, 0.5) is 5.95 Å². The lowest BCUT2D eigenvalue weighted by Gasteiger charge is -2.04.